The second-order valence-corrected chi connectivity index (χ2v) is 6.37. The van der Waals surface area contributed by atoms with Crippen molar-refractivity contribution in [2.45, 2.75) is 6.54 Å². The summed E-state index contributed by atoms with van der Waals surface area (Å²) in [5.41, 5.74) is 0.905. The van der Waals surface area contributed by atoms with Gasteiger partial charge >= 0.3 is 0 Å². The molecule has 1 heterocycles. The fourth-order valence-corrected chi connectivity index (χ4v) is 3.57. The highest BCUT2D eigenvalue weighted by Crippen LogP contribution is 2.51. The summed E-state index contributed by atoms with van der Waals surface area (Å²) in [5.74, 6) is 1.49. The van der Waals surface area contributed by atoms with Gasteiger partial charge in [-0.2, -0.15) is 0 Å². The minimum absolute atomic E-state index is 0.161. The molecule has 0 aromatic heterocycles. The molecule has 3 rings (SSSR count). The monoisotopic (exact) mass is 298 g/mol. The molecule has 1 aromatic carbocycles. The van der Waals surface area contributed by atoms with Crippen LogP contribution in [0, 0.1) is 17.8 Å². The highest BCUT2D eigenvalue weighted by Gasteiger charge is 2.58. The van der Waals surface area contributed by atoms with E-state index in [-0.39, 0.29) is 11.8 Å². The van der Waals surface area contributed by atoms with E-state index in [4.69, 9.17) is 23.2 Å². The highest BCUT2D eigenvalue weighted by atomic mass is 35.5. The average molecular weight is 299 g/mol. The fourth-order valence-electron chi connectivity index (χ4n) is 3.09. The number of hydrogen-bond donors (Lipinski definition) is 1. The van der Waals surface area contributed by atoms with Crippen molar-refractivity contribution >= 4 is 29.1 Å². The Morgan fingerprint density at radius 1 is 1.37 bits per heavy atom. The van der Waals surface area contributed by atoms with Gasteiger partial charge in [-0.15, -0.1) is 0 Å². The lowest BCUT2D eigenvalue weighted by atomic mass is 10.2. The molecule has 1 aliphatic carbocycles. The number of benzene rings is 1. The summed E-state index contributed by atoms with van der Waals surface area (Å²) in [5, 5.41) is 4.19. The van der Waals surface area contributed by atoms with Gasteiger partial charge in [-0.3, -0.25) is 4.79 Å². The van der Waals surface area contributed by atoms with E-state index in [2.05, 4.69) is 17.3 Å². The Hall–Kier alpha value is -0.770. The maximum atomic E-state index is 12.1. The number of halogens is 2. The second kappa shape index (κ2) is 4.97. The van der Waals surface area contributed by atoms with Crippen LogP contribution in [0.4, 0.5) is 0 Å². The van der Waals surface area contributed by atoms with Gasteiger partial charge in [-0.25, -0.2) is 0 Å². The number of carbonyl (C=O) groups excluding carboxylic acids is 1. The minimum atomic E-state index is 0.161. The molecule has 0 spiro atoms. The number of likely N-dealkylation sites (tertiary alicyclic amines) is 1. The quantitative estimate of drug-likeness (QED) is 0.929. The van der Waals surface area contributed by atoms with Crippen molar-refractivity contribution in [3.05, 3.63) is 33.8 Å². The lowest BCUT2D eigenvalue weighted by molar-refractivity contribution is -0.123. The molecule has 1 N–H and O–H groups in total. The van der Waals surface area contributed by atoms with Crippen molar-refractivity contribution in [3.63, 3.8) is 0 Å². The molecule has 3 nitrogen and oxygen atoms in total. The van der Waals surface area contributed by atoms with Crippen LogP contribution in [0.3, 0.4) is 0 Å². The van der Waals surface area contributed by atoms with Crippen LogP contribution in [0.15, 0.2) is 18.2 Å². The molecule has 2 aliphatic rings. The third kappa shape index (κ3) is 2.60. The number of piperidine rings is 1. The summed E-state index contributed by atoms with van der Waals surface area (Å²) in [7, 11) is 2.11. The Labute approximate surface area is 122 Å². The maximum Gasteiger partial charge on any atom is 0.224 e. The summed E-state index contributed by atoms with van der Waals surface area (Å²) in [6.07, 6.45) is 0. The molecule has 1 aliphatic heterocycles. The van der Waals surface area contributed by atoms with Crippen molar-refractivity contribution in [1.29, 1.82) is 0 Å². The first-order chi connectivity index (χ1) is 9.06. The van der Waals surface area contributed by atoms with Gasteiger partial charge in [0.2, 0.25) is 5.91 Å². The van der Waals surface area contributed by atoms with E-state index < -0.39 is 0 Å². The Morgan fingerprint density at radius 3 is 2.68 bits per heavy atom. The average Bonchev–Trinajstić information content (AvgIpc) is 2.86. The predicted molar refractivity (Wildman–Crippen MR) is 76.3 cm³/mol. The van der Waals surface area contributed by atoms with E-state index in [0.717, 1.165) is 18.7 Å². The maximum absolute atomic E-state index is 12.1. The number of hydrogen-bond acceptors (Lipinski definition) is 2. The van der Waals surface area contributed by atoms with E-state index in [1.807, 2.05) is 6.07 Å². The molecule has 19 heavy (non-hydrogen) atoms. The summed E-state index contributed by atoms with van der Waals surface area (Å²) in [4.78, 5) is 14.4. The number of nitrogens with zero attached hydrogens (tertiary/aromatic N) is 1. The topological polar surface area (TPSA) is 32.3 Å². The van der Waals surface area contributed by atoms with Gasteiger partial charge in [-0.1, -0.05) is 29.3 Å². The van der Waals surface area contributed by atoms with Crippen LogP contribution in [0.5, 0.6) is 0 Å². The van der Waals surface area contributed by atoms with E-state index in [1.165, 1.54) is 0 Å². The normalized spacial score (nSPS) is 29.1. The van der Waals surface area contributed by atoms with Crippen molar-refractivity contribution in [2.75, 3.05) is 20.1 Å². The molecule has 0 radical (unpaired) electrons. The summed E-state index contributed by atoms with van der Waals surface area (Å²) < 4.78 is 0. The standard InChI is InChI=1S/C14H16Cl2N2O/c1-18-6-10-11(7-18)13(10)14(19)17-5-8-2-3-9(15)4-12(8)16/h2-4,10-11,13H,5-7H2,1H3,(H,17,19). The van der Waals surface area contributed by atoms with Gasteiger partial charge in [-0.05, 0) is 36.6 Å². The molecule has 2 unspecified atom stereocenters. The SMILES string of the molecule is CN1CC2C(C1)C2C(=O)NCc1ccc(Cl)cc1Cl. The van der Waals surface area contributed by atoms with E-state index >= 15 is 0 Å². The number of carbonyl (C=O) groups is 1. The molecule has 1 saturated carbocycles. The number of fused-ring (bicyclic) bond motifs is 1. The summed E-state index contributed by atoms with van der Waals surface area (Å²) in [6, 6.07) is 5.34. The van der Waals surface area contributed by atoms with Crippen LogP contribution < -0.4 is 5.32 Å². The Bertz CT molecular complexity index is 508. The smallest absolute Gasteiger partial charge is 0.224 e. The van der Waals surface area contributed by atoms with Gasteiger partial charge in [0.1, 0.15) is 0 Å². The van der Waals surface area contributed by atoms with Crippen molar-refractivity contribution in [2.24, 2.45) is 17.8 Å². The van der Waals surface area contributed by atoms with Crippen molar-refractivity contribution in [1.82, 2.24) is 10.2 Å². The number of amides is 1. The Balaban J connectivity index is 1.54. The predicted octanol–water partition coefficient (Wildman–Crippen LogP) is 2.42. The summed E-state index contributed by atoms with van der Waals surface area (Å²) >= 11 is 11.9. The molecule has 102 valence electrons. The number of nitrogens with one attached hydrogen (secondary N) is 1. The molecule has 5 heteroatoms. The second-order valence-electron chi connectivity index (χ2n) is 5.53. The van der Waals surface area contributed by atoms with Gasteiger partial charge in [0.05, 0.1) is 0 Å². The van der Waals surface area contributed by atoms with Crippen LogP contribution in [-0.4, -0.2) is 30.9 Å². The largest absolute Gasteiger partial charge is 0.352 e. The van der Waals surface area contributed by atoms with Gasteiger partial charge < -0.3 is 10.2 Å². The lowest BCUT2D eigenvalue weighted by Crippen LogP contribution is -2.30. The molecule has 2 fully saturated rings. The zero-order chi connectivity index (χ0) is 13.6. The van der Waals surface area contributed by atoms with Crippen LogP contribution in [0.1, 0.15) is 5.56 Å². The Kier molecular flexibility index (Phi) is 3.46. The zero-order valence-electron chi connectivity index (χ0n) is 10.7. The molecule has 1 saturated heterocycles. The summed E-state index contributed by atoms with van der Waals surface area (Å²) in [6.45, 7) is 2.57. The number of rotatable bonds is 3. The van der Waals surface area contributed by atoms with Crippen LogP contribution in [-0.2, 0) is 11.3 Å². The van der Waals surface area contributed by atoms with Crippen LogP contribution in [0.2, 0.25) is 10.0 Å². The first kappa shape index (κ1) is 13.2. The first-order valence-corrected chi connectivity index (χ1v) is 7.22. The fraction of sp³-hybridized carbons (Fsp3) is 0.500. The lowest BCUT2D eigenvalue weighted by Gasteiger charge is -2.13. The van der Waals surface area contributed by atoms with E-state index in [1.54, 1.807) is 12.1 Å². The van der Waals surface area contributed by atoms with Gasteiger partial charge in [0, 0.05) is 35.6 Å². The van der Waals surface area contributed by atoms with Crippen LogP contribution in [0.25, 0.3) is 0 Å². The molecule has 1 aromatic rings. The zero-order valence-corrected chi connectivity index (χ0v) is 12.2. The van der Waals surface area contributed by atoms with Crippen molar-refractivity contribution in [3.8, 4) is 0 Å². The molecular weight excluding hydrogens is 283 g/mol. The molecular formula is C14H16Cl2N2O. The van der Waals surface area contributed by atoms with Crippen molar-refractivity contribution < 1.29 is 4.79 Å². The van der Waals surface area contributed by atoms with Gasteiger partial charge in [0.15, 0.2) is 0 Å². The molecule has 2 atom stereocenters. The minimum Gasteiger partial charge on any atom is -0.352 e. The van der Waals surface area contributed by atoms with Gasteiger partial charge in [0.25, 0.3) is 0 Å². The van der Waals surface area contributed by atoms with E-state index in [9.17, 15) is 4.79 Å². The first-order valence-electron chi connectivity index (χ1n) is 6.46. The third-order valence-electron chi connectivity index (χ3n) is 4.15. The van der Waals surface area contributed by atoms with Crippen LogP contribution >= 0.6 is 23.2 Å². The van der Waals surface area contributed by atoms with E-state index in [0.29, 0.717) is 28.4 Å². The molecule has 1 amide bonds. The third-order valence-corrected chi connectivity index (χ3v) is 4.73. The molecule has 0 bridgehead atoms. The Morgan fingerprint density at radius 2 is 2.05 bits per heavy atom. The highest BCUT2D eigenvalue weighted by molar-refractivity contribution is 6.35.